The van der Waals surface area contributed by atoms with Crippen LogP contribution in [0.1, 0.15) is 31.5 Å². The second kappa shape index (κ2) is 8.95. The number of anilines is 1. The van der Waals surface area contributed by atoms with Crippen LogP contribution < -0.4 is 5.32 Å². The summed E-state index contributed by atoms with van der Waals surface area (Å²) >= 11 is 0. The molecule has 1 aromatic heterocycles. The highest BCUT2D eigenvalue weighted by atomic mass is 16.3. The molecule has 2 aromatic carbocycles. The van der Waals surface area contributed by atoms with Crippen LogP contribution in [0.3, 0.4) is 0 Å². The van der Waals surface area contributed by atoms with Crippen molar-refractivity contribution in [2.45, 2.75) is 20.3 Å². The van der Waals surface area contributed by atoms with Crippen LogP contribution in [0.5, 0.6) is 5.75 Å². The smallest absolute Gasteiger partial charge is 0.225 e. The maximum absolute atomic E-state index is 12.2. The highest BCUT2D eigenvalue weighted by Gasteiger charge is 2.12. The summed E-state index contributed by atoms with van der Waals surface area (Å²) in [5.74, 6) is 0.794. The molecule has 3 rings (SSSR count). The van der Waals surface area contributed by atoms with E-state index in [9.17, 15) is 9.90 Å². The lowest BCUT2D eigenvalue weighted by Gasteiger charge is -2.10. The van der Waals surface area contributed by atoms with Crippen LogP contribution in [-0.4, -0.2) is 21.0 Å². The predicted molar refractivity (Wildman–Crippen MR) is 113 cm³/mol. The first-order valence-corrected chi connectivity index (χ1v) is 9.20. The SMILES string of the molecule is CC(C)CC(=O)Nc1ncc(-c2ccc(O)cc2)nc1C=Cc1ccccc1. The minimum atomic E-state index is -0.0870. The molecule has 0 unspecified atom stereocenters. The van der Waals surface area contributed by atoms with Crippen LogP contribution in [0, 0.1) is 5.92 Å². The first-order valence-electron chi connectivity index (χ1n) is 9.20. The van der Waals surface area contributed by atoms with Gasteiger partial charge in [-0.25, -0.2) is 9.97 Å². The number of nitrogens with zero attached hydrogens (tertiary/aromatic N) is 2. The van der Waals surface area contributed by atoms with Crippen LogP contribution in [-0.2, 0) is 4.79 Å². The van der Waals surface area contributed by atoms with Gasteiger partial charge in [0.1, 0.15) is 11.4 Å². The minimum Gasteiger partial charge on any atom is -0.508 e. The molecular formula is C23H23N3O2. The van der Waals surface area contributed by atoms with Gasteiger partial charge in [-0.1, -0.05) is 50.3 Å². The zero-order chi connectivity index (χ0) is 19.9. The number of aromatic nitrogens is 2. The maximum Gasteiger partial charge on any atom is 0.225 e. The van der Waals surface area contributed by atoms with Crippen molar-refractivity contribution in [3.05, 3.63) is 72.1 Å². The molecule has 0 aliphatic heterocycles. The summed E-state index contributed by atoms with van der Waals surface area (Å²) in [6.07, 6.45) is 5.82. The van der Waals surface area contributed by atoms with Crippen LogP contribution >= 0.6 is 0 Å². The number of rotatable bonds is 6. The van der Waals surface area contributed by atoms with Crippen molar-refractivity contribution in [3.8, 4) is 17.0 Å². The summed E-state index contributed by atoms with van der Waals surface area (Å²) in [6, 6.07) is 16.6. The third-order valence-corrected chi connectivity index (χ3v) is 4.05. The van der Waals surface area contributed by atoms with Gasteiger partial charge in [-0.05, 0) is 41.8 Å². The van der Waals surface area contributed by atoms with Gasteiger partial charge >= 0.3 is 0 Å². The van der Waals surface area contributed by atoms with Crippen molar-refractivity contribution < 1.29 is 9.90 Å². The average Bonchev–Trinajstić information content (AvgIpc) is 2.68. The standard InChI is InChI=1S/C23H23N3O2/c1-16(2)14-22(28)26-23-20(13-8-17-6-4-3-5-7-17)25-21(15-24-23)18-9-11-19(27)12-10-18/h3-13,15-16,27H,14H2,1-2H3,(H,24,26,28). The summed E-state index contributed by atoms with van der Waals surface area (Å²) in [6.45, 7) is 3.99. The fourth-order valence-electron chi connectivity index (χ4n) is 2.68. The number of amides is 1. The number of nitrogens with one attached hydrogen (secondary N) is 1. The Balaban J connectivity index is 1.95. The largest absolute Gasteiger partial charge is 0.508 e. The van der Waals surface area contributed by atoms with Crippen LogP contribution in [0.15, 0.2) is 60.8 Å². The Morgan fingerprint density at radius 2 is 1.79 bits per heavy atom. The quantitative estimate of drug-likeness (QED) is 0.637. The van der Waals surface area contributed by atoms with Crippen molar-refractivity contribution in [2.24, 2.45) is 5.92 Å². The normalized spacial score (nSPS) is 11.1. The number of phenolic OH excluding ortho intramolecular Hbond substituents is 1. The van der Waals surface area contributed by atoms with Crippen LogP contribution in [0.4, 0.5) is 5.82 Å². The lowest BCUT2D eigenvalue weighted by Crippen LogP contribution is -2.16. The van der Waals surface area contributed by atoms with E-state index in [1.165, 1.54) is 0 Å². The second-order valence-electron chi connectivity index (χ2n) is 6.93. The molecule has 142 valence electrons. The lowest BCUT2D eigenvalue weighted by molar-refractivity contribution is -0.116. The van der Waals surface area contributed by atoms with Crippen LogP contribution in [0.2, 0.25) is 0 Å². The van der Waals surface area contributed by atoms with E-state index in [2.05, 4.69) is 15.3 Å². The number of hydrogen-bond acceptors (Lipinski definition) is 4. The fraction of sp³-hybridized carbons (Fsp3) is 0.174. The van der Waals surface area contributed by atoms with E-state index < -0.39 is 0 Å². The molecule has 28 heavy (non-hydrogen) atoms. The topological polar surface area (TPSA) is 75.1 Å². The molecule has 0 aliphatic rings. The molecule has 0 radical (unpaired) electrons. The van der Waals surface area contributed by atoms with Gasteiger partial charge in [0, 0.05) is 12.0 Å². The van der Waals surface area contributed by atoms with Crippen molar-refractivity contribution >= 4 is 23.9 Å². The molecule has 0 spiro atoms. The van der Waals surface area contributed by atoms with Gasteiger partial charge in [-0.2, -0.15) is 0 Å². The molecule has 0 saturated carbocycles. The van der Waals surface area contributed by atoms with Crippen molar-refractivity contribution in [3.63, 3.8) is 0 Å². The lowest BCUT2D eigenvalue weighted by atomic mass is 10.1. The summed E-state index contributed by atoms with van der Waals surface area (Å²) < 4.78 is 0. The monoisotopic (exact) mass is 373 g/mol. The molecule has 0 fully saturated rings. The van der Waals surface area contributed by atoms with E-state index in [-0.39, 0.29) is 17.6 Å². The highest BCUT2D eigenvalue weighted by molar-refractivity contribution is 5.92. The number of phenols is 1. The average molecular weight is 373 g/mol. The molecule has 2 N–H and O–H groups in total. The van der Waals surface area contributed by atoms with Gasteiger partial charge in [0.05, 0.1) is 11.9 Å². The van der Waals surface area contributed by atoms with E-state index in [0.717, 1.165) is 11.1 Å². The number of carbonyl (C=O) groups is 1. The molecule has 0 aliphatic carbocycles. The Morgan fingerprint density at radius 3 is 2.46 bits per heavy atom. The molecule has 1 amide bonds. The van der Waals surface area contributed by atoms with E-state index in [1.54, 1.807) is 30.5 Å². The van der Waals surface area contributed by atoms with E-state index in [4.69, 9.17) is 0 Å². The first-order chi connectivity index (χ1) is 13.5. The molecule has 5 heteroatoms. The number of aromatic hydroxyl groups is 1. The zero-order valence-electron chi connectivity index (χ0n) is 16.0. The Labute approximate surface area is 164 Å². The molecule has 5 nitrogen and oxygen atoms in total. The summed E-state index contributed by atoms with van der Waals surface area (Å²) in [5, 5.41) is 12.4. The second-order valence-corrected chi connectivity index (χ2v) is 6.93. The summed E-state index contributed by atoms with van der Waals surface area (Å²) in [7, 11) is 0. The van der Waals surface area contributed by atoms with Crippen molar-refractivity contribution in [1.82, 2.24) is 9.97 Å². The van der Waals surface area contributed by atoms with E-state index in [1.807, 2.05) is 56.3 Å². The van der Waals surface area contributed by atoms with Gasteiger partial charge in [0.2, 0.25) is 5.91 Å². The summed E-state index contributed by atoms with van der Waals surface area (Å²) in [5.41, 5.74) is 3.10. The minimum absolute atomic E-state index is 0.0870. The maximum atomic E-state index is 12.2. The zero-order valence-corrected chi connectivity index (χ0v) is 16.0. The molecule has 3 aromatic rings. The van der Waals surface area contributed by atoms with Crippen molar-refractivity contribution in [1.29, 1.82) is 0 Å². The first kappa shape index (κ1) is 19.3. The number of hydrogen-bond donors (Lipinski definition) is 2. The van der Waals surface area contributed by atoms with Gasteiger partial charge in [-0.15, -0.1) is 0 Å². The van der Waals surface area contributed by atoms with E-state index in [0.29, 0.717) is 23.6 Å². The van der Waals surface area contributed by atoms with Crippen molar-refractivity contribution in [2.75, 3.05) is 5.32 Å². The Bertz CT molecular complexity index is 965. The third kappa shape index (κ3) is 5.27. The molecular weight excluding hydrogens is 350 g/mol. The van der Waals surface area contributed by atoms with Gasteiger partial charge < -0.3 is 10.4 Å². The van der Waals surface area contributed by atoms with Gasteiger partial charge in [-0.3, -0.25) is 4.79 Å². The Kier molecular flexibility index (Phi) is 6.17. The van der Waals surface area contributed by atoms with Gasteiger partial charge in [0.15, 0.2) is 5.82 Å². The third-order valence-electron chi connectivity index (χ3n) is 4.05. The Hall–Kier alpha value is -3.47. The van der Waals surface area contributed by atoms with Crippen LogP contribution in [0.25, 0.3) is 23.4 Å². The molecule has 0 bridgehead atoms. The molecule has 1 heterocycles. The number of carbonyl (C=O) groups excluding carboxylic acids is 1. The molecule has 0 atom stereocenters. The number of benzene rings is 2. The van der Waals surface area contributed by atoms with Gasteiger partial charge in [0.25, 0.3) is 0 Å². The summed E-state index contributed by atoms with van der Waals surface area (Å²) in [4.78, 5) is 21.3. The predicted octanol–water partition coefficient (Wildman–Crippen LogP) is 5.00. The fourth-order valence-corrected chi connectivity index (χ4v) is 2.68. The highest BCUT2D eigenvalue weighted by Crippen LogP contribution is 2.23. The molecule has 0 saturated heterocycles. The van der Waals surface area contributed by atoms with E-state index >= 15 is 0 Å². The Morgan fingerprint density at radius 1 is 1.07 bits per heavy atom.